The number of carbonyl (C=O) groups is 1. The Hall–Kier alpha value is -0.460. The number of alkyl halides is 2. The first kappa shape index (κ1) is 20.5. The lowest BCUT2D eigenvalue weighted by molar-refractivity contribution is -0.135. The lowest BCUT2D eigenvalue weighted by atomic mass is 9.84. The maximum absolute atomic E-state index is 12.5. The fraction of sp³-hybridized carbons (Fsp3) is 0.929. The van der Waals surface area contributed by atoms with Gasteiger partial charge >= 0.3 is 0 Å². The number of amides is 1. The molecule has 0 bridgehead atoms. The van der Waals surface area contributed by atoms with Crippen LogP contribution in [-0.4, -0.2) is 57.1 Å². The van der Waals surface area contributed by atoms with E-state index in [0.29, 0.717) is 18.9 Å². The summed E-state index contributed by atoms with van der Waals surface area (Å²) in [5.74, 6) is 0.566. The Morgan fingerprint density at radius 3 is 2.52 bits per heavy atom. The summed E-state index contributed by atoms with van der Waals surface area (Å²) in [6, 6.07) is 0. The molecular formula is C14H27ClF2N2O2. The Balaban J connectivity index is 0.00000400. The van der Waals surface area contributed by atoms with Crippen molar-refractivity contribution < 1.29 is 18.3 Å². The molecule has 1 atom stereocenters. The molecule has 1 amide bonds. The summed E-state index contributed by atoms with van der Waals surface area (Å²) < 4.78 is 29.9. The van der Waals surface area contributed by atoms with Crippen LogP contribution in [0.5, 0.6) is 0 Å². The summed E-state index contributed by atoms with van der Waals surface area (Å²) in [5.41, 5.74) is 0. The minimum Gasteiger partial charge on any atom is -0.383 e. The van der Waals surface area contributed by atoms with E-state index in [1.54, 1.807) is 0 Å². The van der Waals surface area contributed by atoms with Gasteiger partial charge in [-0.05, 0) is 37.8 Å². The molecule has 21 heavy (non-hydrogen) atoms. The van der Waals surface area contributed by atoms with Crippen LogP contribution >= 0.6 is 12.4 Å². The maximum atomic E-state index is 12.5. The minimum atomic E-state index is -2.50. The Kier molecular flexibility index (Phi) is 10.9. The molecule has 0 aromatic rings. The number of carbonyl (C=O) groups excluding carboxylic acids is 1. The molecule has 1 fully saturated rings. The molecule has 126 valence electrons. The predicted molar refractivity (Wildman–Crippen MR) is 81.1 cm³/mol. The first-order valence-electron chi connectivity index (χ1n) is 7.30. The van der Waals surface area contributed by atoms with Crippen molar-refractivity contribution in [1.29, 1.82) is 0 Å². The maximum Gasteiger partial charge on any atom is 0.255 e. The molecular weight excluding hydrogens is 302 g/mol. The van der Waals surface area contributed by atoms with E-state index in [9.17, 15) is 13.6 Å². The number of piperidine rings is 1. The number of nitrogens with zero attached hydrogens (tertiary/aromatic N) is 1. The second-order valence-corrected chi connectivity index (χ2v) is 5.49. The van der Waals surface area contributed by atoms with Crippen molar-refractivity contribution in [1.82, 2.24) is 10.2 Å². The molecule has 0 aromatic heterocycles. The Labute approximate surface area is 132 Å². The summed E-state index contributed by atoms with van der Waals surface area (Å²) in [6.07, 6.45) is -0.0332. The zero-order valence-corrected chi connectivity index (χ0v) is 13.6. The van der Waals surface area contributed by atoms with Crippen molar-refractivity contribution in [3.63, 3.8) is 0 Å². The Bertz CT molecular complexity index is 290. The van der Waals surface area contributed by atoms with Gasteiger partial charge in [0.15, 0.2) is 0 Å². The molecule has 1 unspecified atom stereocenters. The van der Waals surface area contributed by atoms with Gasteiger partial charge in [-0.3, -0.25) is 4.79 Å². The smallest absolute Gasteiger partial charge is 0.255 e. The van der Waals surface area contributed by atoms with E-state index in [-0.39, 0.29) is 30.8 Å². The highest BCUT2D eigenvalue weighted by atomic mass is 35.5. The normalized spacial score (nSPS) is 17.4. The molecule has 1 N–H and O–H groups in total. The van der Waals surface area contributed by atoms with Crippen molar-refractivity contribution in [3.8, 4) is 0 Å². The lowest BCUT2D eigenvalue weighted by Crippen LogP contribution is -2.39. The SMILES string of the molecule is COCCN(CC(F)F)C(=O)CC(C)C1CCNCC1.Cl. The summed E-state index contributed by atoms with van der Waals surface area (Å²) in [7, 11) is 1.50. The highest BCUT2D eigenvalue weighted by Gasteiger charge is 2.25. The highest BCUT2D eigenvalue weighted by Crippen LogP contribution is 2.25. The second-order valence-electron chi connectivity index (χ2n) is 5.49. The van der Waals surface area contributed by atoms with Crippen molar-refractivity contribution in [2.45, 2.75) is 32.6 Å². The van der Waals surface area contributed by atoms with Crippen LogP contribution in [0, 0.1) is 11.8 Å². The predicted octanol–water partition coefficient (Wildman–Crippen LogP) is 2.17. The van der Waals surface area contributed by atoms with Gasteiger partial charge in [0.1, 0.15) is 0 Å². The number of nitrogens with one attached hydrogen (secondary N) is 1. The lowest BCUT2D eigenvalue weighted by Gasteiger charge is -2.30. The molecule has 0 spiro atoms. The van der Waals surface area contributed by atoms with E-state index in [1.807, 2.05) is 6.92 Å². The molecule has 7 heteroatoms. The van der Waals surface area contributed by atoms with Gasteiger partial charge in [-0.15, -0.1) is 12.4 Å². The fourth-order valence-corrected chi connectivity index (χ4v) is 2.67. The molecule has 1 saturated heterocycles. The zero-order valence-electron chi connectivity index (χ0n) is 12.8. The molecule has 0 aliphatic carbocycles. The fourth-order valence-electron chi connectivity index (χ4n) is 2.67. The molecule has 0 aromatic carbocycles. The Morgan fingerprint density at radius 1 is 1.38 bits per heavy atom. The van der Waals surface area contributed by atoms with E-state index in [0.717, 1.165) is 25.9 Å². The van der Waals surface area contributed by atoms with Crippen molar-refractivity contribution in [2.24, 2.45) is 11.8 Å². The van der Waals surface area contributed by atoms with Crippen molar-refractivity contribution in [3.05, 3.63) is 0 Å². The van der Waals surface area contributed by atoms with Gasteiger partial charge in [0, 0.05) is 20.1 Å². The van der Waals surface area contributed by atoms with E-state index < -0.39 is 13.0 Å². The third kappa shape index (κ3) is 7.93. The Morgan fingerprint density at radius 2 is 2.00 bits per heavy atom. The number of hydrogen-bond donors (Lipinski definition) is 1. The molecule has 1 heterocycles. The molecule has 1 aliphatic rings. The van der Waals surface area contributed by atoms with Crippen LogP contribution < -0.4 is 5.32 Å². The van der Waals surface area contributed by atoms with Gasteiger partial charge in [-0.1, -0.05) is 6.92 Å². The van der Waals surface area contributed by atoms with Crippen LogP contribution in [0.15, 0.2) is 0 Å². The highest BCUT2D eigenvalue weighted by molar-refractivity contribution is 5.85. The van der Waals surface area contributed by atoms with Gasteiger partial charge in [-0.25, -0.2) is 8.78 Å². The van der Waals surface area contributed by atoms with E-state index in [4.69, 9.17) is 4.74 Å². The molecule has 0 radical (unpaired) electrons. The average Bonchev–Trinajstić information content (AvgIpc) is 2.43. The van der Waals surface area contributed by atoms with Crippen LogP contribution in [0.4, 0.5) is 8.78 Å². The number of rotatable bonds is 8. The molecule has 1 aliphatic heterocycles. The first-order valence-corrected chi connectivity index (χ1v) is 7.30. The third-order valence-corrected chi connectivity index (χ3v) is 3.96. The van der Waals surface area contributed by atoms with Crippen LogP contribution in [0.1, 0.15) is 26.2 Å². The quantitative estimate of drug-likeness (QED) is 0.742. The first-order chi connectivity index (χ1) is 9.54. The van der Waals surface area contributed by atoms with E-state index >= 15 is 0 Å². The van der Waals surface area contributed by atoms with Crippen LogP contribution in [0.25, 0.3) is 0 Å². The number of halogens is 3. The van der Waals surface area contributed by atoms with E-state index in [1.165, 1.54) is 12.0 Å². The second kappa shape index (κ2) is 11.2. The monoisotopic (exact) mass is 328 g/mol. The summed E-state index contributed by atoms with van der Waals surface area (Å²) in [4.78, 5) is 13.4. The largest absolute Gasteiger partial charge is 0.383 e. The van der Waals surface area contributed by atoms with Gasteiger partial charge in [0.2, 0.25) is 5.91 Å². The number of ether oxygens (including phenoxy) is 1. The van der Waals surface area contributed by atoms with Gasteiger partial charge in [0.25, 0.3) is 6.43 Å². The molecule has 1 rings (SSSR count). The van der Waals surface area contributed by atoms with Gasteiger partial charge in [0.05, 0.1) is 13.2 Å². The van der Waals surface area contributed by atoms with Gasteiger partial charge in [-0.2, -0.15) is 0 Å². The summed E-state index contributed by atoms with van der Waals surface area (Å²) in [5, 5.41) is 3.29. The van der Waals surface area contributed by atoms with Crippen LogP contribution in [-0.2, 0) is 9.53 Å². The summed E-state index contributed by atoms with van der Waals surface area (Å²) >= 11 is 0. The third-order valence-electron chi connectivity index (χ3n) is 3.96. The number of hydrogen-bond acceptors (Lipinski definition) is 3. The van der Waals surface area contributed by atoms with Gasteiger partial charge < -0.3 is 15.0 Å². The molecule has 4 nitrogen and oxygen atoms in total. The van der Waals surface area contributed by atoms with Crippen molar-refractivity contribution in [2.75, 3.05) is 39.9 Å². The molecule has 0 saturated carbocycles. The summed E-state index contributed by atoms with van der Waals surface area (Å²) in [6.45, 7) is 4.03. The zero-order chi connectivity index (χ0) is 15.0. The minimum absolute atomic E-state index is 0. The standard InChI is InChI=1S/C14H26F2N2O2.ClH/c1-11(12-3-5-17-6-4-12)9-14(19)18(7-8-20-2)10-13(15)16;/h11-13,17H,3-10H2,1-2H3;1H. The van der Waals surface area contributed by atoms with E-state index in [2.05, 4.69) is 5.32 Å². The topological polar surface area (TPSA) is 41.6 Å². The van der Waals surface area contributed by atoms with Crippen LogP contribution in [0.3, 0.4) is 0 Å². The number of methoxy groups -OCH3 is 1. The van der Waals surface area contributed by atoms with Crippen molar-refractivity contribution >= 4 is 18.3 Å². The average molecular weight is 329 g/mol. The van der Waals surface area contributed by atoms with Crippen LogP contribution in [0.2, 0.25) is 0 Å².